The van der Waals surface area contributed by atoms with Crippen LogP contribution in [0.5, 0.6) is 0 Å². The molecule has 0 aliphatic carbocycles. The van der Waals surface area contributed by atoms with E-state index in [2.05, 4.69) is 44.7 Å². The third-order valence-corrected chi connectivity index (χ3v) is 3.09. The fourth-order valence-corrected chi connectivity index (χ4v) is 1.41. The maximum Gasteiger partial charge on any atom is 0.00760 e. The first kappa shape index (κ1) is 13.9. The Kier molecular flexibility index (Phi) is 8.20. The largest absolute Gasteiger partial charge is 0.307 e. The number of hydrogen-bond donors (Lipinski definition) is 0. The predicted molar refractivity (Wildman–Crippen MR) is 64.8 cm³/mol. The van der Waals surface area contributed by atoms with Crippen molar-refractivity contribution >= 4 is 0 Å². The Bertz CT molecular complexity index is 125. The highest BCUT2D eigenvalue weighted by Crippen LogP contribution is 2.03. The first-order chi connectivity index (χ1) is 6.61. The molecule has 0 N–H and O–H groups in total. The summed E-state index contributed by atoms with van der Waals surface area (Å²) in [5, 5.41) is 0. The van der Waals surface area contributed by atoms with E-state index >= 15 is 0 Å². The Hall–Kier alpha value is -0.0800. The molecule has 0 rings (SSSR count). The van der Waals surface area contributed by atoms with E-state index < -0.39 is 0 Å². The van der Waals surface area contributed by atoms with Crippen molar-refractivity contribution in [2.24, 2.45) is 0 Å². The van der Waals surface area contributed by atoms with E-state index in [0.717, 1.165) is 12.6 Å². The molecule has 0 bridgehead atoms. The van der Waals surface area contributed by atoms with E-state index in [1.165, 1.54) is 32.4 Å². The Morgan fingerprint density at radius 3 is 2.21 bits per heavy atom. The summed E-state index contributed by atoms with van der Waals surface area (Å²) in [6.45, 7) is 10.4. The Morgan fingerprint density at radius 2 is 1.71 bits per heavy atom. The lowest BCUT2D eigenvalue weighted by Crippen LogP contribution is -2.33. The number of unbranched alkanes of at least 4 members (excludes halogenated alkanes) is 1. The molecular formula is C12H28N2. The van der Waals surface area contributed by atoms with Gasteiger partial charge in [-0.15, -0.1) is 0 Å². The zero-order chi connectivity index (χ0) is 11.0. The lowest BCUT2D eigenvalue weighted by Gasteiger charge is -2.26. The molecule has 0 amide bonds. The molecule has 2 nitrogen and oxygen atoms in total. The molecular weight excluding hydrogens is 172 g/mol. The molecule has 86 valence electrons. The second-order valence-electron chi connectivity index (χ2n) is 4.37. The molecule has 0 aliphatic rings. The van der Waals surface area contributed by atoms with E-state index in [9.17, 15) is 0 Å². The van der Waals surface area contributed by atoms with Gasteiger partial charge in [0.25, 0.3) is 0 Å². The summed E-state index contributed by atoms with van der Waals surface area (Å²) < 4.78 is 0. The van der Waals surface area contributed by atoms with Gasteiger partial charge in [-0.2, -0.15) is 0 Å². The van der Waals surface area contributed by atoms with Gasteiger partial charge in [-0.3, -0.25) is 0 Å². The molecule has 1 atom stereocenters. The van der Waals surface area contributed by atoms with Crippen LogP contribution in [0.25, 0.3) is 0 Å². The van der Waals surface area contributed by atoms with Crippen molar-refractivity contribution in [1.29, 1.82) is 0 Å². The van der Waals surface area contributed by atoms with Crippen LogP contribution in [0.2, 0.25) is 0 Å². The SMILES string of the molecule is CCCCN(C)C(C)CCN(C)CC. The number of nitrogens with zero attached hydrogens (tertiary/aromatic N) is 2. The van der Waals surface area contributed by atoms with Gasteiger partial charge in [0.1, 0.15) is 0 Å². The fraction of sp³-hybridized carbons (Fsp3) is 1.00. The summed E-state index contributed by atoms with van der Waals surface area (Å²) in [5.41, 5.74) is 0. The second kappa shape index (κ2) is 8.25. The Morgan fingerprint density at radius 1 is 1.07 bits per heavy atom. The van der Waals surface area contributed by atoms with Gasteiger partial charge >= 0.3 is 0 Å². The minimum Gasteiger partial charge on any atom is -0.307 e. The maximum atomic E-state index is 2.48. The van der Waals surface area contributed by atoms with Crippen LogP contribution >= 0.6 is 0 Å². The highest BCUT2D eigenvalue weighted by atomic mass is 15.1. The standard InChI is InChI=1S/C12H28N2/c1-6-8-10-14(5)12(3)9-11-13(4)7-2/h12H,6-11H2,1-5H3. The van der Waals surface area contributed by atoms with Crippen LogP contribution in [-0.2, 0) is 0 Å². The summed E-state index contributed by atoms with van der Waals surface area (Å²) >= 11 is 0. The van der Waals surface area contributed by atoms with Gasteiger partial charge in [-0.05, 0) is 53.5 Å². The molecule has 0 aromatic rings. The van der Waals surface area contributed by atoms with Gasteiger partial charge in [0, 0.05) is 6.04 Å². The smallest absolute Gasteiger partial charge is 0.00760 e. The zero-order valence-corrected chi connectivity index (χ0v) is 10.7. The van der Waals surface area contributed by atoms with Gasteiger partial charge < -0.3 is 9.80 Å². The van der Waals surface area contributed by atoms with Gasteiger partial charge in [0.15, 0.2) is 0 Å². The van der Waals surface area contributed by atoms with E-state index in [1.807, 2.05) is 0 Å². The minimum absolute atomic E-state index is 0.718. The van der Waals surface area contributed by atoms with Crippen molar-refractivity contribution in [3.8, 4) is 0 Å². The van der Waals surface area contributed by atoms with Crippen LogP contribution in [0.15, 0.2) is 0 Å². The van der Waals surface area contributed by atoms with Crippen LogP contribution in [0, 0.1) is 0 Å². The second-order valence-corrected chi connectivity index (χ2v) is 4.37. The van der Waals surface area contributed by atoms with E-state index in [4.69, 9.17) is 0 Å². The average molecular weight is 200 g/mol. The molecule has 0 heterocycles. The minimum atomic E-state index is 0.718. The molecule has 0 fully saturated rings. The van der Waals surface area contributed by atoms with Gasteiger partial charge in [-0.25, -0.2) is 0 Å². The molecule has 0 radical (unpaired) electrons. The van der Waals surface area contributed by atoms with Crippen molar-refractivity contribution in [3.05, 3.63) is 0 Å². The average Bonchev–Trinajstić information content (AvgIpc) is 2.21. The lowest BCUT2D eigenvalue weighted by molar-refractivity contribution is 0.218. The summed E-state index contributed by atoms with van der Waals surface area (Å²) in [6.07, 6.45) is 3.90. The maximum absolute atomic E-state index is 2.48. The van der Waals surface area contributed by atoms with Gasteiger partial charge in [0.2, 0.25) is 0 Å². The van der Waals surface area contributed by atoms with Gasteiger partial charge in [-0.1, -0.05) is 20.3 Å². The van der Waals surface area contributed by atoms with Crippen molar-refractivity contribution in [2.45, 2.75) is 46.1 Å². The van der Waals surface area contributed by atoms with Crippen LogP contribution in [0.3, 0.4) is 0 Å². The molecule has 0 aromatic carbocycles. The van der Waals surface area contributed by atoms with Crippen molar-refractivity contribution in [1.82, 2.24) is 9.80 Å². The van der Waals surface area contributed by atoms with Crippen molar-refractivity contribution in [3.63, 3.8) is 0 Å². The van der Waals surface area contributed by atoms with Crippen LogP contribution < -0.4 is 0 Å². The third kappa shape index (κ3) is 6.39. The predicted octanol–water partition coefficient (Wildman–Crippen LogP) is 2.45. The van der Waals surface area contributed by atoms with Crippen LogP contribution in [0.4, 0.5) is 0 Å². The van der Waals surface area contributed by atoms with Crippen molar-refractivity contribution < 1.29 is 0 Å². The molecule has 0 aromatic heterocycles. The third-order valence-electron chi connectivity index (χ3n) is 3.09. The van der Waals surface area contributed by atoms with Gasteiger partial charge in [0.05, 0.1) is 0 Å². The highest BCUT2D eigenvalue weighted by Gasteiger charge is 2.08. The summed E-state index contributed by atoms with van der Waals surface area (Å²) in [6, 6.07) is 0.718. The number of hydrogen-bond acceptors (Lipinski definition) is 2. The monoisotopic (exact) mass is 200 g/mol. The topological polar surface area (TPSA) is 6.48 Å². The Balaban J connectivity index is 3.55. The molecule has 0 aliphatic heterocycles. The normalized spacial score (nSPS) is 13.9. The zero-order valence-electron chi connectivity index (χ0n) is 10.7. The lowest BCUT2D eigenvalue weighted by atomic mass is 10.2. The molecule has 0 saturated heterocycles. The number of rotatable bonds is 8. The quantitative estimate of drug-likeness (QED) is 0.594. The first-order valence-corrected chi connectivity index (χ1v) is 6.00. The van der Waals surface area contributed by atoms with E-state index in [0.29, 0.717) is 0 Å². The summed E-state index contributed by atoms with van der Waals surface area (Å²) in [7, 11) is 4.44. The van der Waals surface area contributed by atoms with E-state index in [-0.39, 0.29) is 0 Å². The summed E-state index contributed by atoms with van der Waals surface area (Å²) in [5.74, 6) is 0. The van der Waals surface area contributed by atoms with Crippen molar-refractivity contribution in [2.75, 3.05) is 33.7 Å². The molecule has 1 unspecified atom stereocenters. The Labute approximate surface area is 90.3 Å². The molecule has 14 heavy (non-hydrogen) atoms. The first-order valence-electron chi connectivity index (χ1n) is 6.00. The van der Waals surface area contributed by atoms with E-state index in [1.54, 1.807) is 0 Å². The highest BCUT2D eigenvalue weighted by molar-refractivity contribution is 4.64. The molecule has 0 saturated carbocycles. The molecule has 2 heteroatoms. The summed E-state index contributed by atoms with van der Waals surface area (Å²) in [4.78, 5) is 4.86. The van der Waals surface area contributed by atoms with Crippen LogP contribution in [0.1, 0.15) is 40.0 Å². The fourth-order valence-electron chi connectivity index (χ4n) is 1.41. The molecule has 0 spiro atoms. The van der Waals surface area contributed by atoms with Crippen LogP contribution in [-0.4, -0.2) is 49.6 Å².